The molecule has 3 aromatic rings. The maximum Gasteiger partial charge on any atom is 0.245 e. The van der Waals surface area contributed by atoms with E-state index in [4.69, 9.17) is 4.74 Å². The lowest BCUT2D eigenvalue weighted by molar-refractivity contribution is -0.139. The number of nitrogens with zero attached hydrogens (tertiary/aromatic N) is 4. The molecule has 0 spiro atoms. The van der Waals surface area contributed by atoms with Gasteiger partial charge in [-0.1, -0.05) is 32.1 Å². The molecule has 3 atom stereocenters. The summed E-state index contributed by atoms with van der Waals surface area (Å²) in [5.74, 6) is 0.679. The van der Waals surface area contributed by atoms with Crippen molar-refractivity contribution in [3.8, 4) is 5.75 Å². The summed E-state index contributed by atoms with van der Waals surface area (Å²) in [4.78, 5) is 60.4. The summed E-state index contributed by atoms with van der Waals surface area (Å²) in [5, 5.41) is 5.30. The normalized spacial score (nSPS) is 19.6. The molecule has 0 radical (unpaired) electrons. The van der Waals surface area contributed by atoms with Gasteiger partial charge in [0, 0.05) is 36.9 Å². The van der Waals surface area contributed by atoms with Crippen LogP contribution in [0.5, 0.6) is 5.75 Å². The Morgan fingerprint density at radius 2 is 1.86 bits per heavy atom. The zero-order chi connectivity index (χ0) is 35.5. The van der Waals surface area contributed by atoms with E-state index >= 15 is 0 Å². The highest BCUT2D eigenvalue weighted by Crippen LogP contribution is 2.62. The number of aromatic nitrogens is 3. The molecule has 0 unspecified atom stereocenters. The number of ketones is 3. The van der Waals surface area contributed by atoms with Crippen molar-refractivity contribution in [2.45, 2.75) is 111 Å². The predicted octanol–water partition coefficient (Wildman–Crippen LogP) is 6.89. The summed E-state index contributed by atoms with van der Waals surface area (Å²) in [6.07, 6.45) is 8.72. The Kier molecular flexibility index (Phi) is 11.0. The minimum absolute atomic E-state index is 0.0486. The molecule has 1 saturated heterocycles. The summed E-state index contributed by atoms with van der Waals surface area (Å²) in [6.45, 7) is 17.5. The molecule has 1 amide bonds. The van der Waals surface area contributed by atoms with Crippen LogP contribution in [-0.2, 0) is 33.8 Å². The number of amides is 1. The first kappa shape index (κ1) is 35.9. The van der Waals surface area contributed by atoms with E-state index in [1.54, 1.807) is 15.7 Å². The van der Waals surface area contributed by atoms with Crippen molar-refractivity contribution in [2.75, 3.05) is 6.61 Å². The molecule has 260 valence electrons. The number of piperidine rings is 1. The fourth-order valence-corrected chi connectivity index (χ4v) is 7.34. The number of unbranched alkanes of at least 4 members (excludes halogenated alkanes) is 1. The predicted molar refractivity (Wildman–Crippen MR) is 191 cm³/mol. The summed E-state index contributed by atoms with van der Waals surface area (Å²) < 4.78 is 7.65. The quantitative estimate of drug-likeness (QED) is 0.0826. The molecule has 9 nitrogen and oxygen atoms in total. The van der Waals surface area contributed by atoms with Crippen LogP contribution < -0.4 is 4.74 Å². The second kappa shape index (κ2) is 15.0. The van der Waals surface area contributed by atoms with Gasteiger partial charge >= 0.3 is 0 Å². The van der Waals surface area contributed by atoms with Crippen LogP contribution in [0.25, 0.3) is 10.9 Å². The molecule has 2 aromatic heterocycles. The van der Waals surface area contributed by atoms with E-state index in [0.29, 0.717) is 61.3 Å². The topological polar surface area (TPSA) is 111 Å². The number of fused-ring (bicyclic) bond motifs is 2. The number of aryl methyl sites for hydroxylation is 2. The highest BCUT2D eigenvalue weighted by Gasteiger charge is 2.66. The van der Waals surface area contributed by atoms with Gasteiger partial charge in [-0.25, -0.2) is 0 Å². The maximum absolute atomic E-state index is 14.4. The van der Waals surface area contributed by atoms with E-state index in [-0.39, 0.29) is 53.4 Å². The number of likely N-dealkylation sites (tertiary alicyclic amines) is 1. The number of hydrogen-bond donors (Lipinski definition) is 0. The standard InChI is InChI=1S/C40H50N4O5/c1-8-10-11-13-30(46)16-17-40-21-34(35(47)20-33-26(5)14-15-27(6)41-33)44(36(40)22-40)37(48)23-43-39-29(12-9-2)18-31(49-24-25(3)4)19-32(39)38(42-43)28(7)45/h8-9,14-15,18-19,25,34,36H,1-2,10-13,16-17,20-24H2,3-7H3/t34-,36+,40-/m0/s1. The molecule has 49 heavy (non-hydrogen) atoms. The third-order valence-corrected chi connectivity index (χ3v) is 9.99. The summed E-state index contributed by atoms with van der Waals surface area (Å²) in [5.41, 5.74) is 4.04. The van der Waals surface area contributed by atoms with Crippen molar-refractivity contribution in [3.63, 3.8) is 0 Å². The van der Waals surface area contributed by atoms with Crippen molar-refractivity contribution in [2.24, 2.45) is 11.3 Å². The van der Waals surface area contributed by atoms with Gasteiger partial charge in [-0.05, 0) is 93.0 Å². The zero-order valence-electron chi connectivity index (χ0n) is 29.7. The zero-order valence-corrected chi connectivity index (χ0v) is 29.7. The van der Waals surface area contributed by atoms with Crippen LogP contribution in [0.15, 0.2) is 49.6 Å². The van der Waals surface area contributed by atoms with E-state index in [1.807, 2.05) is 44.2 Å². The Morgan fingerprint density at radius 1 is 1.08 bits per heavy atom. The SMILES string of the molecule is C=CCCCC(=O)CC[C@@]12C[C@@H](C(=O)Cc3nc(C)ccc3C)N(C(=O)Cn3nc(C(C)=O)c4cc(OCC(C)C)cc(CC=C)c43)[C@@H]1C2. The van der Waals surface area contributed by atoms with E-state index in [2.05, 4.69) is 37.1 Å². The monoisotopic (exact) mass is 666 g/mol. The minimum Gasteiger partial charge on any atom is -0.493 e. The van der Waals surface area contributed by atoms with Crippen molar-refractivity contribution >= 4 is 34.2 Å². The van der Waals surface area contributed by atoms with E-state index in [0.717, 1.165) is 41.8 Å². The third-order valence-electron chi connectivity index (χ3n) is 9.99. The number of pyridine rings is 1. The first-order valence-electron chi connectivity index (χ1n) is 17.5. The van der Waals surface area contributed by atoms with Crippen LogP contribution in [0.1, 0.15) is 98.7 Å². The largest absolute Gasteiger partial charge is 0.493 e. The van der Waals surface area contributed by atoms with Crippen molar-refractivity contribution in [1.29, 1.82) is 0 Å². The highest BCUT2D eigenvalue weighted by atomic mass is 16.5. The molecule has 1 saturated carbocycles. The Balaban J connectivity index is 1.46. The summed E-state index contributed by atoms with van der Waals surface area (Å²) in [6, 6.07) is 6.90. The fraction of sp³-hybridized carbons (Fsp3) is 0.500. The van der Waals surface area contributed by atoms with Crippen molar-refractivity contribution in [3.05, 3.63) is 77.8 Å². The number of carbonyl (C=O) groups is 4. The number of hydrogen-bond acceptors (Lipinski definition) is 7. The van der Waals surface area contributed by atoms with Gasteiger partial charge in [-0.15, -0.1) is 13.2 Å². The van der Waals surface area contributed by atoms with Crippen molar-refractivity contribution < 1.29 is 23.9 Å². The first-order chi connectivity index (χ1) is 23.4. The number of ether oxygens (including phenoxy) is 1. The molecule has 0 bridgehead atoms. The fourth-order valence-electron chi connectivity index (χ4n) is 7.34. The van der Waals surface area contributed by atoms with Crippen LogP contribution in [0, 0.1) is 25.2 Å². The Bertz CT molecular complexity index is 1790. The van der Waals surface area contributed by atoms with E-state index < -0.39 is 6.04 Å². The van der Waals surface area contributed by atoms with Crippen LogP contribution >= 0.6 is 0 Å². The molecule has 5 rings (SSSR count). The van der Waals surface area contributed by atoms with Crippen LogP contribution in [0.2, 0.25) is 0 Å². The lowest BCUT2D eigenvalue weighted by Crippen LogP contribution is -2.45. The number of rotatable bonds is 18. The number of carbonyl (C=O) groups excluding carboxylic acids is 4. The van der Waals surface area contributed by atoms with Gasteiger partial charge in [0.05, 0.1) is 30.3 Å². The molecule has 2 aliphatic rings. The molecular formula is C40H50N4O5. The molecule has 1 aliphatic carbocycles. The van der Waals surface area contributed by atoms with Crippen LogP contribution in [0.4, 0.5) is 0 Å². The Labute approximate surface area is 289 Å². The maximum atomic E-state index is 14.4. The lowest BCUT2D eigenvalue weighted by atomic mass is 9.90. The second-order valence-electron chi connectivity index (χ2n) is 14.4. The minimum atomic E-state index is -0.624. The van der Waals surface area contributed by atoms with E-state index in [1.165, 1.54) is 6.92 Å². The number of Topliss-reactive ketones (excluding diaryl/α,β-unsaturated/α-hetero) is 3. The molecule has 1 aromatic carbocycles. The highest BCUT2D eigenvalue weighted by molar-refractivity contribution is 6.06. The lowest BCUT2D eigenvalue weighted by Gasteiger charge is -2.27. The molecule has 1 aliphatic heterocycles. The van der Waals surface area contributed by atoms with Gasteiger partial charge in [-0.2, -0.15) is 5.10 Å². The Hall–Kier alpha value is -4.40. The van der Waals surface area contributed by atoms with Gasteiger partial charge in [0.2, 0.25) is 5.91 Å². The molecule has 9 heteroatoms. The summed E-state index contributed by atoms with van der Waals surface area (Å²) >= 11 is 0. The molecule has 0 N–H and O–H groups in total. The smallest absolute Gasteiger partial charge is 0.245 e. The van der Waals surface area contributed by atoms with Gasteiger partial charge in [0.25, 0.3) is 0 Å². The second-order valence-corrected chi connectivity index (χ2v) is 14.4. The average Bonchev–Trinajstić information content (AvgIpc) is 3.46. The molecule has 2 fully saturated rings. The first-order valence-corrected chi connectivity index (χ1v) is 17.5. The third kappa shape index (κ3) is 7.92. The van der Waals surface area contributed by atoms with Gasteiger partial charge in [0.1, 0.15) is 23.8 Å². The van der Waals surface area contributed by atoms with Gasteiger partial charge in [-0.3, -0.25) is 28.8 Å². The molecular weight excluding hydrogens is 616 g/mol. The average molecular weight is 667 g/mol. The number of benzene rings is 1. The number of allylic oxidation sites excluding steroid dienone is 2. The summed E-state index contributed by atoms with van der Waals surface area (Å²) in [7, 11) is 0. The van der Waals surface area contributed by atoms with Crippen LogP contribution in [-0.4, -0.2) is 61.6 Å². The van der Waals surface area contributed by atoms with E-state index in [9.17, 15) is 19.2 Å². The molecule has 3 heterocycles. The van der Waals surface area contributed by atoms with Crippen LogP contribution in [0.3, 0.4) is 0 Å². The van der Waals surface area contributed by atoms with Gasteiger partial charge < -0.3 is 9.64 Å². The Morgan fingerprint density at radius 3 is 2.55 bits per heavy atom. The van der Waals surface area contributed by atoms with Crippen molar-refractivity contribution in [1.82, 2.24) is 19.7 Å². The van der Waals surface area contributed by atoms with Gasteiger partial charge in [0.15, 0.2) is 11.6 Å².